The van der Waals surface area contributed by atoms with E-state index in [1.54, 1.807) is 0 Å². The van der Waals surface area contributed by atoms with Gasteiger partial charge in [0.15, 0.2) is 0 Å². The fraction of sp³-hybridized carbons (Fsp3) is 0.500. The van der Waals surface area contributed by atoms with E-state index in [1.807, 2.05) is 0 Å². The molecular weight excluding hydrogens is 172 g/mol. The molecular formula is C12H18N2. The molecule has 0 saturated carbocycles. The van der Waals surface area contributed by atoms with Crippen LogP contribution in [0.2, 0.25) is 0 Å². The summed E-state index contributed by atoms with van der Waals surface area (Å²) in [7, 11) is 0. The number of hydrogen-bond acceptors (Lipinski definition) is 2. The van der Waals surface area contributed by atoms with Crippen LogP contribution < -0.4 is 10.6 Å². The van der Waals surface area contributed by atoms with Gasteiger partial charge in [0.25, 0.3) is 0 Å². The quantitative estimate of drug-likeness (QED) is 0.770. The van der Waals surface area contributed by atoms with Crippen molar-refractivity contribution >= 4 is 5.69 Å². The third-order valence-electron chi connectivity index (χ3n) is 2.76. The largest absolute Gasteiger partial charge is 0.370 e. The Morgan fingerprint density at radius 3 is 3.00 bits per heavy atom. The molecule has 2 nitrogen and oxygen atoms in total. The van der Waals surface area contributed by atoms with Crippen molar-refractivity contribution in [3.05, 3.63) is 29.8 Å². The smallest absolute Gasteiger partial charge is 0.0399 e. The molecule has 14 heavy (non-hydrogen) atoms. The molecule has 0 aliphatic carbocycles. The first kappa shape index (κ1) is 9.53. The van der Waals surface area contributed by atoms with Crippen molar-refractivity contribution in [2.75, 3.05) is 18.0 Å². The molecule has 0 radical (unpaired) electrons. The lowest BCUT2D eigenvalue weighted by molar-refractivity contribution is 0.596. The maximum absolute atomic E-state index is 6.03. The van der Waals surface area contributed by atoms with Gasteiger partial charge in [-0.05, 0) is 24.5 Å². The van der Waals surface area contributed by atoms with E-state index in [1.165, 1.54) is 17.7 Å². The first-order chi connectivity index (χ1) is 6.81. The zero-order valence-electron chi connectivity index (χ0n) is 8.74. The fourth-order valence-corrected chi connectivity index (χ4v) is 2.20. The van der Waals surface area contributed by atoms with Gasteiger partial charge in [-0.25, -0.2) is 0 Å². The minimum atomic E-state index is 0.302. The number of anilines is 1. The van der Waals surface area contributed by atoms with Crippen molar-refractivity contribution < 1.29 is 0 Å². The summed E-state index contributed by atoms with van der Waals surface area (Å²) in [6.45, 7) is 4.33. The molecule has 2 heteroatoms. The summed E-state index contributed by atoms with van der Waals surface area (Å²) in [4.78, 5) is 2.41. The maximum Gasteiger partial charge on any atom is 0.0399 e. The Bertz CT molecular complexity index is 309. The van der Waals surface area contributed by atoms with Gasteiger partial charge in [-0.1, -0.05) is 25.1 Å². The Morgan fingerprint density at radius 2 is 2.21 bits per heavy atom. The maximum atomic E-state index is 6.03. The van der Waals surface area contributed by atoms with Crippen LogP contribution in [-0.4, -0.2) is 19.1 Å². The highest BCUT2D eigenvalue weighted by molar-refractivity contribution is 5.56. The molecule has 1 aliphatic rings. The molecule has 0 bridgehead atoms. The zero-order chi connectivity index (χ0) is 9.97. The van der Waals surface area contributed by atoms with Crippen LogP contribution in [0.25, 0.3) is 0 Å². The van der Waals surface area contributed by atoms with Gasteiger partial charge in [0.05, 0.1) is 0 Å². The van der Waals surface area contributed by atoms with Crippen molar-refractivity contribution in [2.24, 2.45) is 5.73 Å². The van der Waals surface area contributed by atoms with E-state index >= 15 is 0 Å². The molecule has 1 heterocycles. The van der Waals surface area contributed by atoms with Gasteiger partial charge in [0.1, 0.15) is 0 Å². The van der Waals surface area contributed by atoms with Gasteiger partial charge in [-0.3, -0.25) is 0 Å². The Kier molecular flexibility index (Phi) is 2.73. The molecule has 1 aromatic rings. The lowest BCUT2D eigenvalue weighted by atomic mass is 9.98. The van der Waals surface area contributed by atoms with Gasteiger partial charge in [0.2, 0.25) is 0 Å². The van der Waals surface area contributed by atoms with E-state index in [4.69, 9.17) is 5.73 Å². The molecule has 2 rings (SSSR count). The first-order valence-electron chi connectivity index (χ1n) is 5.39. The number of nitrogens with two attached hydrogens (primary N) is 1. The van der Waals surface area contributed by atoms with Crippen molar-refractivity contribution in [3.8, 4) is 0 Å². The van der Waals surface area contributed by atoms with E-state index in [9.17, 15) is 0 Å². The minimum Gasteiger partial charge on any atom is -0.370 e. The molecule has 1 aliphatic heterocycles. The van der Waals surface area contributed by atoms with E-state index in [2.05, 4.69) is 36.1 Å². The Hall–Kier alpha value is -1.02. The van der Waals surface area contributed by atoms with E-state index in [0.29, 0.717) is 6.04 Å². The molecule has 2 N–H and O–H groups in total. The predicted molar refractivity (Wildman–Crippen MR) is 60.6 cm³/mol. The summed E-state index contributed by atoms with van der Waals surface area (Å²) < 4.78 is 0. The number of fused-ring (bicyclic) bond motifs is 1. The molecule has 0 aromatic heterocycles. The second-order valence-electron chi connectivity index (χ2n) is 4.04. The number of nitrogens with zero attached hydrogens (tertiary/aromatic N) is 1. The summed E-state index contributed by atoms with van der Waals surface area (Å²) in [5, 5.41) is 0. The highest BCUT2D eigenvalue weighted by Crippen LogP contribution is 2.26. The fourth-order valence-electron chi connectivity index (χ4n) is 2.20. The summed E-state index contributed by atoms with van der Waals surface area (Å²) in [5.41, 5.74) is 8.82. The zero-order valence-corrected chi connectivity index (χ0v) is 8.74. The van der Waals surface area contributed by atoms with Gasteiger partial charge < -0.3 is 10.6 Å². The highest BCUT2D eigenvalue weighted by atomic mass is 15.1. The van der Waals surface area contributed by atoms with Crippen molar-refractivity contribution in [2.45, 2.75) is 25.8 Å². The average molecular weight is 190 g/mol. The lowest BCUT2D eigenvalue weighted by Crippen LogP contribution is -2.43. The Morgan fingerprint density at radius 1 is 1.43 bits per heavy atom. The van der Waals surface area contributed by atoms with Gasteiger partial charge in [-0.2, -0.15) is 0 Å². The lowest BCUT2D eigenvalue weighted by Gasteiger charge is -2.34. The van der Waals surface area contributed by atoms with E-state index in [0.717, 1.165) is 19.5 Å². The van der Waals surface area contributed by atoms with Crippen LogP contribution in [0.4, 0.5) is 5.69 Å². The van der Waals surface area contributed by atoms with E-state index < -0.39 is 0 Å². The summed E-state index contributed by atoms with van der Waals surface area (Å²) in [6, 6.07) is 8.91. The molecule has 0 unspecified atom stereocenters. The normalized spacial score (nSPS) is 20.7. The SMILES string of the molecule is CCCN1C[C@H](N)Cc2ccccc21. The van der Waals surface area contributed by atoms with Crippen LogP contribution in [0.15, 0.2) is 24.3 Å². The van der Waals surface area contributed by atoms with E-state index in [-0.39, 0.29) is 0 Å². The second kappa shape index (κ2) is 4.01. The molecule has 0 fully saturated rings. The summed E-state index contributed by atoms with van der Waals surface area (Å²) >= 11 is 0. The van der Waals surface area contributed by atoms with Crippen LogP contribution in [0, 0.1) is 0 Å². The molecule has 0 saturated heterocycles. The van der Waals surface area contributed by atoms with Gasteiger partial charge >= 0.3 is 0 Å². The average Bonchev–Trinajstić information content (AvgIpc) is 2.18. The molecule has 0 amide bonds. The number of hydrogen-bond donors (Lipinski definition) is 1. The Balaban J connectivity index is 2.28. The monoisotopic (exact) mass is 190 g/mol. The third kappa shape index (κ3) is 1.75. The molecule has 1 aromatic carbocycles. The van der Waals surface area contributed by atoms with Crippen LogP contribution in [0.3, 0.4) is 0 Å². The van der Waals surface area contributed by atoms with Crippen LogP contribution >= 0.6 is 0 Å². The van der Waals surface area contributed by atoms with Gasteiger partial charge in [-0.15, -0.1) is 0 Å². The Labute approximate surface area is 85.7 Å². The highest BCUT2D eigenvalue weighted by Gasteiger charge is 2.20. The molecule has 1 atom stereocenters. The molecule has 76 valence electrons. The number of para-hydroxylation sites is 1. The predicted octanol–water partition coefficient (Wildman–Crippen LogP) is 1.79. The van der Waals surface area contributed by atoms with Crippen molar-refractivity contribution in [3.63, 3.8) is 0 Å². The first-order valence-corrected chi connectivity index (χ1v) is 5.39. The van der Waals surface area contributed by atoms with Crippen LogP contribution in [-0.2, 0) is 6.42 Å². The summed E-state index contributed by atoms with van der Waals surface area (Å²) in [5.74, 6) is 0. The third-order valence-corrected chi connectivity index (χ3v) is 2.76. The molecule has 0 spiro atoms. The van der Waals surface area contributed by atoms with Crippen LogP contribution in [0.5, 0.6) is 0 Å². The standard InChI is InChI=1S/C12H18N2/c1-2-7-14-9-11(13)8-10-5-3-4-6-12(10)14/h3-6,11H,2,7-9,13H2,1H3/t11-/m1/s1. The topological polar surface area (TPSA) is 29.3 Å². The number of rotatable bonds is 2. The van der Waals surface area contributed by atoms with Gasteiger partial charge in [0, 0.05) is 24.8 Å². The second-order valence-corrected chi connectivity index (χ2v) is 4.04. The summed E-state index contributed by atoms with van der Waals surface area (Å²) in [6.07, 6.45) is 2.21. The van der Waals surface area contributed by atoms with Crippen molar-refractivity contribution in [1.29, 1.82) is 0 Å². The minimum absolute atomic E-state index is 0.302. The number of benzene rings is 1. The van der Waals surface area contributed by atoms with Crippen molar-refractivity contribution in [1.82, 2.24) is 0 Å². The van der Waals surface area contributed by atoms with Crippen LogP contribution in [0.1, 0.15) is 18.9 Å².